The van der Waals surface area contributed by atoms with E-state index in [4.69, 9.17) is 4.74 Å². The summed E-state index contributed by atoms with van der Waals surface area (Å²) in [7, 11) is -1.67. The van der Waals surface area contributed by atoms with Crippen molar-refractivity contribution < 1.29 is 13.2 Å². The summed E-state index contributed by atoms with van der Waals surface area (Å²) in [4.78, 5) is 0. The number of nitrogens with one attached hydrogen (secondary N) is 1. The lowest BCUT2D eigenvalue weighted by molar-refractivity contribution is -0.0258. The van der Waals surface area contributed by atoms with Crippen LogP contribution in [-0.2, 0) is 14.9 Å². The van der Waals surface area contributed by atoms with E-state index in [1.165, 1.54) is 4.31 Å². The van der Waals surface area contributed by atoms with Crippen LogP contribution in [0.15, 0.2) is 0 Å². The van der Waals surface area contributed by atoms with Crippen molar-refractivity contribution in [2.45, 2.75) is 57.7 Å². The van der Waals surface area contributed by atoms with Gasteiger partial charge in [0.1, 0.15) is 0 Å². The minimum atomic E-state index is -3.36. The Morgan fingerprint density at radius 3 is 2.86 bits per heavy atom. The zero-order valence-electron chi connectivity index (χ0n) is 13.4. The molecule has 0 aromatic carbocycles. The lowest BCUT2D eigenvalue weighted by Gasteiger charge is -2.38. The molecule has 1 N–H and O–H groups in total. The van der Waals surface area contributed by atoms with E-state index >= 15 is 0 Å². The molecule has 21 heavy (non-hydrogen) atoms. The molecule has 1 heterocycles. The third-order valence-electron chi connectivity index (χ3n) is 4.32. The Balaban J connectivity index is 1.90. The average molecular weight is 319 g/mol. The van der Waals surface area contributed by atoms with Crippen LogP contribution in [0.3, 0.4) is 0 Å². The van der Waals surface area contributed by atoms with Crippen LogP contribution in [-0.4, -0.2) is 68.5 Å². The first-order valence-corrected chi connectivity index (χ1v) is 9.40. The van der Waals surface area contributed by atoms with Crippen molar-refractivity contribution in [1.29, 1.82) is 0 Å². The van der Waals surface area contributed by atoms with E-state index in [9.17, 15) is 8.42 Å². The van der Waals surface area contributed by atoms with E-state index in [1.54, 1.807) is 11.4 Å². The van der Waals surface area contributed by atoms with Gasteiger partial charge in [-0.3, -0.25) is 0 Å². The predicted molar refractivity (Wildman–Crippen MR) is 83.4 cm³/mol. The molecule has 0 radical (unpaired) electrons. The van der Waals surface area contributed by atoms with Crippen LogP contribution in [0.5, 0.6) is 0 Å². The van der Waals surface area contributed by atoms with Crippen LogP contribution in [0.2, 0.25) is 0 Å². The molecule has 0 spiro atoms. The monoisotopic (exact) mass is 319 g/mol. The van der Waals surface area contributed by atoms with Gasteiger partial charge in [0.05, 0.1) is 18.8 Å². The topological polar surface area (TPSA) is 61.9 Å². The normalized spacial score (nSPS) is 27.5. The van der Waals surface area contributed by atoms with Crippen molar-refractivity contribution in [2.24, 2.45) is 0 Å². The Hall–Kier alpha value is -0.210. The van der Waals surface area contributed by atoms with E-state index in [0.29, 0.717) is 25.7 Å². The predicted octanol–water partition coefficient (Wildman–Crippen LogP) is 0.804. The maximum atomic E-state index is 12.7. The second-order valence-corrected chi connectivity index (χ2v) is 8.30. The van der Waals surface area contributed by atoms with Gasteiger partial charge in [0.2, 0.25) is 0 Å². The Morgan fingerprint density at radius 1 is 1.38 bits per heavy atom. The summed E-state index contributed by atoms with van der Waals surface area (Å²) in [5, 5.41) is 3.31. The maximum absolute atomic E-state index is 12.7. The number of hydrogen-bond acceptors (Lipinski definition) is 4. The summed E-state index contributed by atoms with van der Waals surface area (Å²) in [6.07, 6.45) is 3.89. The Bertz CT molecular complexity index is 427. The largest absolute Gasteiger partial charge is 0.375 e. The van der Waals surface area contributed by atoms with Crippen LogP contribution >= 0.6 is 0 Å². The van der Waals surface area contributed by atoms with Crippen molar-refractivity contribution in [1.82, 2.24) is 13.9 Å². The number of fused-ring (bicyclic) bond motifs is 1. The highest BCUT2D eigenvalue weighted by Gasteiger charge is 2.42. The lowest BCUT2D eigenvalue weighted by Crippen LogP contribution is -2.55. The zero-order valence-corrected chi connectivity index (χ0v) is 14.2. The molecule has 0 amide bonds. The van der Waals surface area contributed by atoms with Crippen LogP contribution in [0.25, 0.3) is 0 Å². The summed E-state index contributed by atoms with van der Waals surface area (Å²) in [6.45, 7) is 6.58. The molecule has 6 nitrogen and oxygen atoms in total. The minimum Gasteiger partial charge on any atom is -0.375 e. The first-order valence-electron chi connectivity index (χ1n) is 8.01. The van der Waals surface area contributed by atoms with E-state index < -0.39 is 10.2 Å². The second-order valence-electron chi connectivity index (χ2n) is 6.31. The molecule has 1 saturated carbocycles. The highest BCUT2D eigenvalue weighted by atomic mass is 32.2. The first kappa shape index (κ1) is 17.1. The molecule has 0 aromatic heterocycles. The summed E-state index contributed by atoms with van der Waals surface area (Å²) < 4.78 is 34.3. The van der Waals surface area contributed by atoms with Gasteiger partial charge >= 0.3 is 0 Å². The van der Waals surface area contributed by atoms with Crippen molar-refractivity contribution in [3.8, 4) is 0 Å². The fourth-order valence-electron chi connectivity index (χ4n) is 3.16. The molecule has 0 bridgehead atoms. The molecular weight excluding hydrogens is 290 g/mol. The average Bonchev–Trinajstić information content (AvgIpc) is 2.90. The molecule has 1 aliphatic heterocycles. The van der Waals surface area contributed by atoms with Crippen LogP contribution in [0, 0.1) is 0 Å². The molecular formula is C14H29N3O3S. The quantitative estimate of drug-likeness (QED) is 0.705. The molecule has 2 atom stereocenters. The van der Waals surface area contributed by atoms with Gasteiger partial charge in [-0.1, -0.05) is 13.8 Å². The molecule has 1 aliphatic carbocycles. The molecule has 2 fully saturated rings. The number of hydrogen-bond donors (Lipinski definition) is 1. The molecule has 7 heteroatoms. The van der Waals surface area contributed by atoms with E-state index in [1.807, 2.05) is 0 Å². The van der Waals surface area contributed by atoms with Crippen LogP contribution in [0.1, 0.15) is 39.5 Å². The number of rotatable bonds is 7. The van der Waals surface area contributed by atoms with E-state index in [2.05, 4.69) is 19.2 Å². The smallest absolute Gasteiger partial charge is 0.282 e. The lowest BCUT2D eigenvalue weighted by atomic mass is 10.2. The fourth-order valence-corrected chi connectivity index (χ4v) is 4.77. The second kappa shape index (κ2) is 7.37. The first-order chi connectivity index (χ1) is 9.93. The Kier molecular flexibility index (Phi) is 6.02. The summed E-state index contributed by atoms with van der Waals surface area (Å²) in [5.74, 6) is 0. The van der Waals surface area contributed by atoms with Crippen molar-refractivity contribution >= 4 is 10.2 Å². The van der Waals surface area contributed by atoms with Gasteiger partial charge in [0, 0.05) is 26.2 Å². The SMILES string of the molecule is CC(C)NCCCN(C)S(=O)(=O)N1CCOC2CCCC21. The van der Waals surface area contributed by atoms with E-state index in [-0.39, 0.29) is 12.1 Å². The zero-order chi connectivity index (χ0) is 15.5. The maximum Gasteiger partial charge on any atom is 0.282 e. The summed E-state index contributed by atoms with van der Waals surface area (Å²) in [6, 6.07) is 0.477. The molecule has 2 unspecified atom stereocenters. The standard InChI is InChI=1S/C14H29N3O3S/c1-12(2)15-8-5-9-16(3)21(18,19)17-10-11-20-14-7-4-6-13(14)17/h12-15H,4-11H2,1-3H3. The van der Waals surface area contributed by atoms with Gasteiger partial charge in [-0.2, -0.15) is 17.0 Å². The van der Waals surface area contributed by atoms with Gasteiger partial charge in [0.25, 0.3) is 10.2 Å². The molecule has 2 rings (SSSR count). The minimum absolute atomic E-state index is 0.0417. The Labute approximate surface area is 129 Å². The third kappa shape index (κ3) is 4.16. The van der Waals surface area contributed by atoms with E-state index in [0.717, 1.165) is 32.2 Å². The fraction of sp³-hybridized carbons (Fsp3) is 1.00. The van der Waals surface area contributed by atoms with Crippen molar-refractivity contribution in [3.05, 3.63) is 0 Å². The summed E-state index contributed by atoms with van der Waals surface area (Å²) in [5.41, 5.74) is 0. The number of ether oxygens (including phenoxy) is 1. The molecule has 0 aromatic rings. The van der Waals surface area contributed by atoms with Gasteiger partial charge < -0.3 is 10.1 Å². The Morgan fingerprint density at radius 2 is 2.14 bits per heavy atom. The third-order valence-corrected chi connectivity index (χ3v) is 6.34. The molecule has 124 valence electrons. The number of morpholine rings is 1. The highest BCUT2D eigenvalue weighted by Crippen LogP contribution is 2.31. The van der Waals surface area contributed by atoms with Gasteiger partial charge in [0.15, 0.2) is 0 Å². The van der Waals surface area contributed by atoms with Gasteiger partial charge in [-0.25, -0.2) is 0 Å². The van der Waals surface area contributed by atoms with Gasteiger partial charge in [-0.05, 0) is 32.2 Å². The number of nitrogens with zero attached hydrogens (tertiary/aromatic N) is 2. The van der Waals surface area contributed by atoms with Gasteiger partial charge in [-0.15, -0.1) is 0 Å². The van der Waals surface area contributed by atoms with Crippen LogP contribution < -0.4 is 5.32 Å². The van der Waals surface area contributed by atoms with Crippen molar-refractivity contribution in [2.75, 3.05) is 33.3 Å². The van der Waals surface area contributed by atoms with Crippen molar-refractivity contribution in [3.63, 3.8) is 0 Å². The highest BCUT2D eigenvalue weighted by molar-refractivity contribution is 7.86. The molecule has 2 aliphatic rings. The van der Waals surface area contributed by atoms with Crippen LogP contribution in [0.4, 0.5) is 0 Å². The molecule has 1 saturated heterocycles. The summed E-state index contributed by atoms with van der Waals surface area (Å²) >= 11 is 0.